The van der Waals surface area contributed by atoms with Gasteiger partial charge >= 0.3 is 18.9 Å². The smallest absolute Gasteiger partial charge is 0.756 e. The SMILES string of the molecule is O.O=P([O-])(O)O.[Li+]. The molecule has 0 aliphatic rings. The van der Waals surface area contributed by atoms with Crippen LogP contribution in [0.15, 0.2) is 0 Å². The summed E-state index contributed by atoms with van der Waals surface area (Å²) in [6.07, 6.45) is 0. The third-order valence-electron chi connectivity index (χ3n) is 0. The Balaban J connectivity index is -0.0000000800. The number of hydrogen-bond acceptors (Lipinski definition) is 2. The van der Waals surface area contributed by atoms with E-state index in [0.717, 1.165) is 0 Å². The number of phosphoric acid groups is 1. The fourth-order valence-corrected chi connectivity index (χ4v) is 0. The second kappa shape index (κ2) is 4.82. The van der Waals surface area contributed by atoms with E-state index in [1.54, 1.807) is 0 Å². The van der Waals surface area contributed by atoms with E-state index >= 15 is 0 Å². The van der Waals surface area contributed by atoms with E-state index in [4.69, 9.17) is 19.2 Å². The van der Waals surface area contributed by atoms with Crippen LogP contribution in [0.3, 0.4) is 0 Å². The average Bonchev–Trinajstić information content (AvgIpc) is 0.722. The molecule has 0 radical (unpaired) electrons. The van der Waals surface area contributed by atoms with Gasteiger partial charge in [0.15, 0.2) is 0 Å². The van der Waals surface area contributed by atoms with Crippen molar-refractivity contribution < 1.29 is 43.6 Å². The third-order valence-corrected chi connectivity index (χ3v) is 0. The van der Waals surface area contributed by atoms with E-state index in [2.05, 4.69) is 0 Å². The third kappa shape index (κ3) is 326. The Kier molecular flexibility index (Phi) is 10.8. The molecule has 4 N–H and O–H groups in total. The molecule has 0 spiro atoms. The van der Waals surface area contributed by atoms with Gasteiger partial charge < -0.3 is 20.2 Å². The van der Waals surface area contributed by atoms with E-state index < -0.39 is 7.82 Å². The summed E-state index contributed by atoms with van der Waals surface area (Å²) in [7, 11) is -4.89. The normalized spacial score (nSPS) is 8.43. The van der Waals surface area contributed by atoms with Crippen LogP contribution in [-0.4, -0.2) is 15.3 Å². The second-order valence-corrected chi connectivity index (χ2v) is 1.47. The average molecular weight is 122 g/mol. The van der Waals surface area contributed by atoms with Crippen molar-refractivity contribution in [3.63, 3.8) is 0 Å². The topological polar surface area (TPSA) is 112 Å². The predicted molar refractivity (Wildman–Crippen MR) is 15.7 cm³/mol. The van der Waals surface area contributed by atoms with Crippen molar-refractivity contribution in [1.82, 2.24) is 0 Å². The van der Waals surface area contributed by atoms with E-state index in [9.17, 15) is 0 Å². The minimum Gasteiger partial charge on any atom is -0.756 e. The van der Waals surface area contributed by atoms with E-state index in [0.29, 0.717) is 0 Å². The van der Waals surface area contributed by atoms with Crippen LogP contribution in [0.4, 0.5) is 0 Å². The first-order chi connectivity index (χ1) is 2.00. The zero-order valence-corrected chi connectivity index (χ0v) is 4.55. The quantitative estimate of drug-likeness (QED) is 0.246. The van der Waals surface area contributed by atoms with Gasteiger partial charge in [0, 0.05) is 0 Å². The first kappa shape index (κ1) is 15.6. The Morgan fingerprint density at radius 1 is 1.43 bits per heavy atom. The van der Waals surface area contributed by atoms with Gasteiger partial charge in [-0.15, -0.1) is 0 Å². The van der Waals surface area contributed by atoms with Gasteiger partial charge in [0.05, 0.1) is 0 Å². The molecule has 0 aromatic rings. The van der Waals surface area contributed by atoms with E-state index in [-0.39, 0.29) is 24.3 Å². The molecular weight excluding hydrogens is 118 g/mol. The maximum atomic E-state index is 8.77. The molecule has 5 nitrogen and oxygen atoms in total. The minimum atomic E-state index is -4.89. The van der Waals surface area contributed by atoms with Crippen LogP contribution >= 0.6 is 7.82 Å². The van der Waals surface area contributed by atoms with Crippen LogP contribution < -0.4 is 23.8 Å². The predicted octanol–water partition coefficient (Wildman–Crippen LogP) is -5.38. The first-order valence-corrected chi connectivity index (χ1v) is 2.30. The summed E-state index contributed by atoms with van der Waals surface area (Å²) in [4.78, 5) is 22.9. The van der Waals surface area contributed by atoms with Crippen molar-refractivity contribution in [2.45, 2.75) is 0 Å². The van der Waals surface area contributed by atoms with Crippen molar-refractivity contribution in [3.8, 4) is 0 Å². The molecule has 0 aromatic heterocycles. The van der Waals surface area contributed by atoms with Crippen molar-refractivity contribution in [2.75, 3.05) is 0 Å². The van der Waals surface area contributed by atoms with Gasteiger partial charge in [-0.3, -0.25) is 4.57 Å². The Morgan fingerprint density at radius 2 is 1.43 bits per heavy atom. The van der Waals surface area contributed by atoms with Gasteiger partial charge in [0.25, 0.3) is 7.82 Å². The van der Waals surface area contributed by atoms with E-state index in [1.165, 1.54) is 0 Å². The summed E-state index contributed by atoms with van der Waals surface area (Å²) in [5.41, 5.74) is 0. The van der Waals surface area contributed by atoms with Crippen molar-refractivity contribution in [1.29, 1.82) is 0 Å². The molecule has 0 bridgehead atoms. The molecule has 0 rings (SSSR count). The monoisotopic (exact) mass is 122 g/mol. The molecule has 0 heterocycles. The Morgan fingerprint density at radius 3 is 1.43 bits per heavy atom. The molecule has 7 heteroatoms. The largest absolute Gasteiger partial charge is 1.00 e. The standard InChI is InChI=1S/Li.H3O4P.H2O/c;1-5(2,3)4;/h;(H3,1,2,3,4);1H2/q+1;;/p-1. The molecule has 0 saturated carbocycles. The van der Waals surface area contributed by atoms with Gasteiger partial charge in [0.2, 0.25) is 0 Å². The Labute approximate surface area is 52.1 Å². The fraction of sp³-hybridized carbons (Fsp3) is 0. The summed E-state index contributed by atoms with van der Waals surface area (Å²) < 4.78 is 8.77. The van der Waals surface area contributed by atoms with Crippen LogP contribution in [-0.2, 0) is 4.57 Å². The second-order valence-electron chi connectivity index (χ2n) is 0.491. The van der Waals surface area contributed by atoms with Gasteiger partial charge in [-0.2, -0.15) is 0 Å². The molecule has 0 saturated heterocycles. The van der Waals surface area contributed by atoms with Crippen molar-refractivity contribution >= 4 is 7.82 Å². The summed E-state index contributed by atoms with van der Waals surface area (Å²) >= 11 is 0. The molecule has 0 fully saturated rings. The fourth-order valence-electron chi connectivity index (χ4n) is 0. The van der Waals surface area contributed by atoms with Gasteiger partial charge in [-0.1, -0.05) is 0 Å². The molecule has 0 aliphatic heterocycles. The van der Waals surface area contributed by atoms with Crippen LogP contribution in [0, 0.1) is 0 Å². The number of rotatable bonds is 0. The molecule has 0 atom stereocenters. The first-order valence-electron chi connectivity index (χ1n) is 0.765. The zero-order chi connectivity index (χ0) is 4.50. The molecule has 0 aromatic carbocycles. The van der Waals surface area contributed by atoms with Gasteiger partial charge in [-0.05, 0) is 0 Å². The zero-order valence-electron chi connectivity index (χ0n) is 3.66. The molecular formula is H4LiO5P. The van der Waals surface area contributed by atoms with Crippen molar-refractivity contribution in [3.05, 3.63) is 0 Å². The van der Waals surface area contributed by atoms with Crippen LogP contribution in [0.5, 0.6) is 0 Å². The summed E-state index contributed by atoms with van der Waals surface area (Å²) in [6.45, 7) is 0. The number of hydrogen-bond donors (Lipinski definition) is 2. The Hall–Kier alpha value is 0.667. The molecule has 0 amide bonds. The van der Waals surface area contributed by atoms with Gasteiger partial charge in [0.1, 0.15) is 0 Å². The minimum absolute atomic E-state index is 0. The molecule has 0 unspecified atom stereocenters. The summed E-state index contributed by atoms with van der Waals surface area (Å²) in [6, 6.07) is 0. The van der Waals surface area contributed by atoms with Crippen LogP contribution in [0.1, 0.15) is 0 Å². The van der Waals surface area contributed by atoms with Crippen molar-refractivity contribution in [2.24, 2.45) is 0 Å². The summed E-state index contributed by atoms with van der Waals surface area (Å²) in [5.74, 6) is 0. The van der Waals surface area contributed by atoms with Crippen LogP contribution in [0.25, 0.3) is 0 Å². The maximum absolute atomic E-state index is 8.77. The molecule has 7 heavy (non-hydrogen) atoms. The molecule has 40 valence electrons. The van der Waals surface area contributed by atoms with Gasteiger partial charge in [-0.25, -0.2) is 0 Å². The van der Waals surface area contributed by atoms with Crippen LogP contribution in [0.2, 0.25) is 0 Å². The van der Waals surface area contributed by atoms with E-state index in [1.807, 2.05) is 0 Å². The summed E-state index contributed by atoms with van der Waals surface area (Å²) in [5, 5.41) is 0. The molecule has 0 aliphatic carbocycles. The Bertz CT molecular complexity index is 54.2. The maximum Gasteiger partial charge on any atom is 1.00 e.